The van der Waals surface area contributed by atoms with Crippen LogP contribution in [0, 0.1) is 0 Å². The summed E-state index contributed by atoms with van der Waals surface area (Å²) in [5.74, 6) is 1.00. The van der Waals surface area contributed by atoms with Crippen molar-refractivity contribution in [3.8, 4) is 5.75 Å². The Morgan fingerprint density at radius 3 is 2.21 bits per heavy atom. The number of carbonyl (C=O) groups excluding carboxylic acids is 1. The summed E-state index contributed by atoms with van der Waals surface area (Å²) in [4.78, 5) is 15.5. The lowest BCUT2D eigenvalue weighted by atomic mass is 9.77. The number of amides is 1. The molecule has 0 bridgehead atoms. The van der Waals surface area contributed by atoms with Crippen molar-refractivity contribution in [1.29, 1.82) is 0 Å². The van der Waals surface area contributed by atoms with Crippen LogP contribution in [-0.4, -0.2) is 62.6 Å². The second kappa shape index (κ2) is 8.41. The third-order valence-corrected chi connectivity index (χ3v) is 7.81. The van der Waals surface area contributed by atoms with Gasteiger partial charge in [0.15, 0.2) is 0 Å². The van der Waals surface area contributed by atoms with Gasteiger partial charge in [0.2, 0.25) is 15.9 Å². The fourth-order valence-electron chi connectivity index (χ4n) is 4.94. The van der Waals surface area contributed by atoms with E-state index < -0.39 is 15.4 Å². The first-order valence-electron chi connectivity index (χ1n) is 10.2. The first kappa shape index (κ1) is 21.1. The van der Waals surface area contributed by atoms with Crippen molar-refractivity contribution >= 4 is 15.9 Å². The molecule has 1 aliphatic heterocycles. The van der Waals surface area contributed by atoms with Gasteiger partial charge in [0, 0.05) is 25.7 Å². The van der Waals surface area contributed by atoms with Crippen molar-refractivity contribution in [1.82, 2.24) is 9.21 Å². The molecule has 0 unspecified atom stereocenters. The Kier molecular flexibility index (Phi) is 6.34. The number of nitrogens with zero attached hydrogens (tertiary/aromatic N) is 2. The van der Waals surface area contributed by atoms with E-state index in [-0.39, 0.29) is 11.9 Å². The van der Waals surface area contributed by atoms with E-state index in [2.05, 4.69) is 0 Å². The van der Waals surface area contributed by atoms with Crippen LogP contribution in [0.1, 0.15) is 51.0 Å². The maximum atomic E-state index is 13.6. The third-order valence-electron chi connectivity index (χ3n) is 6.41. The number of piperidine rings is 1. The summed E-state index contributed by atoms with van der Waals surface area (Å²) in [6.07, 6.45) is 6.55. The predicted molar refractivity (Wildman–Crippen MR) is 110 cm³/mol. The second-order valence-corrected chi connectivity index (χ2v) is 9.94. The van der Waals surface area contributed by atoms with Crippen molar-refractivity contribution in [2.75, 3.05) is 33.0 Å². The molecule has 7 heteroatoms. The van der Waals surface area contributed by atoms with Gasteiger partial charge in [-0.1, -0.05) is 31.9 Å². The van der Waals surface area contributed by atoms with Crippen LogP contribution in [0.15, 0.2) is 24.3 Å². The highest BCUT2D eigenvalue weighted by molar-refractivity contribution is 7.88. The van der Waals surface area contributed by atoms with Crippen molar-refractivity contribution < 1.29 is 17.9 Å². The highest BCUT2D eigenvalue weighted by Gasteiger charge is 2.45. The Morgan fingerprint density at radius 1 is 1.18 bits per heavy atom. The molecule has 6 nitrogen and oxygen atoms in total. The Hall–Kier alpha value is -1.60. The molecule has 0 spiro atoms. The lowest BCUT2D eigenvalue weighted by Gasteiger charge is -2.41. The molecular formula is C21H32N2O4S. The number of hydrogen-bond acceptors (Lipinski definition) is 4. The predicted octanol–water partition coefficient (Wildman–Crippen LogP) is 2.78. The Labute approximate surface area is 168 Å². The monoisotopic (exact) mass is 408 g/mol. The van der Waals surface area contributed by atoms with E-state index in [1.807, 2.05) is 36.1 Å². The van der Waals surface area contributed by atoms with Gasteiger partial charge in [-0.25, -0.2) is 8.42 Å². The normalized spacial score (nSPS) is 20.5. The number of sulfonamides is 1. The molecule has 2 fully saturated rings. The smallest absolute Gasteiger partial charge is 0.233 e. The van der Waals surface area contributed by atoms with Gasteiger partial charge in [0.1, 0.15) is 5.75 Å². The summed E-state index contributed by atoms with van der Waals surface area (Å²) in [6, 6.07) is 7.90. The molecule has 1 aromatic carbocycles. The topological polar surface area (TPSA) is 66.9 Å². The van der Waals surface area contributed by atoms with Gasteiger partial charge >= 0.3 is 0 Å². The number of ether oxygens (including phenoxy) is 1. The van der Waals surface area contributed by atoms with Gasteiger partial charge in [0.05, 0.1) is 18.8 Å². The second-order valence-electron chi connectivity index (χ2n) is 8.01. The number of rotatable bonds is 6. The van der Waals surface area contributed by atoms with Crippen LogP contribution in [0.3, 0.4) is 0 Å². The average Bonchev–Trinajstić information content (AvgIpc) is 3.18. The van der Waals surface area contributed by atoms with E-state index in [4.69, 9.17) is 4.74 Å². The summed E-state index contributed by atoms with van der Waals surface area (Å²) >= 11 is 0. The Bertz CT molecular complexity index is 777. The fourth-order valence-corrected chi connectivity index (χ4v) is 6.16. The van der Waals surface area contributed by atoms with Crippen LogP contribution in [0.2, 0.25) is 0 Å². The van der Waals surface area contributed by atoms with Crippen LogP contribution >= 0.6 is 0 Å². The van der Waals surface area contributed by atoms with E-state index in [1.54, 1.807) is 11.4 Å². The van der Waals surface area contributed by atoms with Crippen molar-refractivity contribution in [3.63, 3.8) is 0 Å². The van der Waals surface area contributed by atoms with E-state index >= 15 is 0 Å². The molecule has 2 aliphatic rings. The molecule has 0 aromatic heterocycles. The van der Waals surface area contributed by atoms with E-state index in [0.29, 0.717) is 32.5 Å². The Balaban J connectivity index is 1.75. The molecule has 28 heavy (non-hydrogen) atoms. The molecule has 1 saturated carbocycles. The van der Waals surface area contributed by atoms with Gasteiger partial charge < -0.3 is 9.64 Å². The highest BCUT2D eigenvalue weighted by atomic mass is 32.2. The summed E-state index contributed by atoms with van der Waals surface area (Å²) in [5, 5.41) is 0. The lowest BCUT2D eigenvalue weighted by molar-refractivity contribution is -0.138. The number of likely N-dealkylation sites (tertiary alicyclic amines) is 1. The van der Waals surface area contributed by atoms with Crippen molar-refractivity contribution in [2.24, 2.45) is 0 Å². The molecule has 3 rings (SSSR count). The molecule has 0 atom stereocenters. The number of methoxy groups -OCH3 is 1. The minimum absolute atomic E-state index is 0.00966. The fraction of sp³-hybridized carbons (Fsp3) is 0.667. The molecule has 0 N–H and O–H groups in total. The molecule has 1 saturated heterocycles. The largest absolute Gasteiger partial charge is 0.497 e. The summed E-state index contributed by atoms with van der Waals surface area (Å²) in [7, 11) is -1.57. The van der Waals surface area contributed by atoms with Crippen LogP contribution < -0.4 is 4.74 Å². The minimum atomic E-state index is -3.21. The van der Waals surface area contributed by atoms with E-state index in [0.717, 1.165) is 37.0 Å². The number of benzene rings is 1. The zero-order valence-corrected chi connectivity index (χ0v) is 18.0. The first-order valence-corrected chi connectivity index (χ1v) is 12.1. The van der Waals surface area contributed by atoms with Gasteiger partial charge in [-0.3, -0.25) is 4.79 Å². The molecular weight excluding hydrogens is 376 g/mol. The van der Waals surface area contributed by atoms with Gasteiger partial charge in [0.25, 0.3) is 0 Å². The van der Waals surface area contributed by atoms with E-state index in [9.17, 15) is 13.2 Å². The Morgan fingerprint density at radius 2 is 1.75 bits per heavy atom. The van der Waals surface area contributed by atoms with Crippen LogP contribution in [0.5, 0.6) is 5.75 Å². The molecule has 1 amide bonds. The zero-order valence-electron chi connectivity index (χ0n) is 17.2. The molecule has 1 heterocycles. The molecule has 156 valence electrons. The maximum absolute atomic E-state index is 13.6. The molecule has 1 aliphatic carbocycles. The zero-order chi connectivity index (χ0) is 20.4. The van der Waals surface area contributed by atoms with Crippen LogP contribution in [0.4, 0.5) is 0 Å². The summed E-state index contributed by atoms with van der Waals surface area (Å²) in [6.45, 7) is 3.59. The number of carbonyl (C=O) groups is 1. The molecule has 0 radical (unpaired) electrons. The minimum Gasteiger partial charge on any atom is -0.497 e. The van der Waals surface area contributed by atoms with Crippen molar-refractivity contribution in [3.05, 3.63) is 29.8 Å². The standard InChI is InChI=1S/C21H32N2O4S/c1-4-23(28(3,25)26)18-11-15-22(16-12-18)20(24)21(13-5-6-14-21)17-7-9-19(27-2)10-8-17/h7-10,18H,4-6,11-16H2,1-3H3. The van der Waals surface area contributed by atoms with Crippen LogP contribution in [0.25, 0.3) is 0 Å². The summed E-state index contributed by atoms with van der Waals surface area (Å²) < 4.78 is 30.9. The SMILES string of the molecule is CCN(C1CCN(C(=O)C2(c3ccc(OC)cc3)CCCC2)CC1)S(C)(=O)=O. The third kappa shape index (κ3) is 4.06. The van der Waals surface area contributed by atoms with Crippen molar-refractivity contribution in [2.45, 2.75) is 56.9 Å². The first-order chi connectivity index (χ1) is 13.3. The molecule has 1 aromatic rings. The van der Waals surface area contributed by atoms with Gasteiger partial charge in [-0.15, -0.1) is 0 Å². The average molecular weight is 409 g/mol. The van der Waals surface area contributed by atoms with Gasteiger partial charge in [-0.05, 0) is 43.4 Å². The van der Waals surface area contributed by atoms with Gasteiger partial charge in [-0.2, -0.15) is 4.31 Å². The maximum Gasteiger partial charge on any atom is 0.233 e. The highest BCUT2D eigenvalue weighted by Crippen LogP contribution is 2.43. The summed E-state index contributed by atoms with van der Waals surface area (Å²) in [5.41, 5.74) is 0.629. The quantitative estimate of drug-likeness (QED) is 0.726. The van der Waals surface area contributed by atoms with E-state index in [1.165, 1.54) is 6.26 Å². The lowest BCUT2D eigenvalue weighted by Crippen LogP contribution is -2.52. The van der Waals surface area contributed by atoms with Crippen LogP contribution in [-0.2, 0) is 20.2 Å². The number of hydrogen-bond donors (Lipinski definition) is 0.